The largest absolute Gasteiger partial charge is 0.348 e. The average molecular weight is 398 g/mol. The quantitative estimate of drug-likeness (QED) is 0.780. The average Bonchev–Trinajstić information content (AvgIpc) is 3.04. The number of benzene rings is 1. The van der Waals surface area contributed by atoms with E-state index >= 15 is 0 Å². The minimum absolute atomic E-state index is 0.201. The summed E-state index contributed by atoms with van der Waals surface area (Å²) >= 11 is 13.1. The molecule has 5 nitrogen and oxygen atoms in total. The van der Waals surface area contributed by atoms with Crippen LogP contribution in [0.1, 0.15) is 53.0 Å². The Morgan fingerprint density at radius 3 is 2.60 bits per heavy atom. The molecule has 2 aromatic rings. The fourth-order valence-corrected chi connectivity index (χ4v) is 3.96. The molecule has 1 aliphatic carbocycles. The number of nitrogens with zero attached hydrogens (tertiary/aromatic N) is 1. The van der Waals surface area contributed by atoms with Gasteiger partial charge in [0.05, 0.1) is 10.6 Å². The number of hydrogen-bond donors (Lipinski definition) is 2. The van der Waals surface area contributed by atoms with Crippen LogP contribution in [0.3, 0.4) is 0 Å². The Balaban J connectivity index is 1.62. The minimum atomic E-state index is -0.393. The number of amides is 2. The van der Waals surface area contributed by atoms with Gasteiger partial charge in [-0.1, -0.05) is 42.5 Å². The summed E-state index contributed by atoms with van der Waals surface area (Å²) in [5.74, 6) is -0.594. The van der Waals surface area contributed by atoms with Crippen molar-refractivity contribution in [3.63, 3.8) is 0 Å². The fourth-order valence-electron chi connectivity index (χ4n) is 2.78. The van der Waals surface area contributed by atoms with Gasteiger partial charge in [0, 0.05) is 16.4 Å². The standard InChI is InChI=1S/C17H17Cl2N3O2S/c18-10-6-7-12(13(19)8-10)15(23)22-17-21-14(9-25-17)16(24)20-11-4-2-1-3-5-11/h6-9,11H,1-5H2,(H,20,24)(H,21,22,23). The fraction of sp³-hybridized carbons (Fsp3) is 0.353. The predicted octanol–water partition coefficient (Wildman–Crippen LogP) is 4.76. The van der Waals surface area contributed by atoms with Crippen LogP contribution in [0.25, 0.3) is 0 Å². The van der Waals surface area contributed by atoms with Gasteiger partial charge in [0.15, 0.2) is 5.13 Å². The second kappa shape index (κ2) is 8.17. The molecular formula is C17H17Cl2N3O2S. The molecule has 1 fully saturated rings. The van der Waals surface area contributed by atoms with Crippen LogP contribution in [-0.2, 0) is 0 Å². The van der Waals surface area contributed by atoms with E-state index in [-0.39, 0.29) is 17.0 Å². The summed E-state index contributed by atoms with van der Waals surface area (Å²) in [6.07, 6.45) is 5.53. The number of anilines is 1. The van der Waals surface area contributed by atoms with E-state index in [2.05, 4.69) is 15.6 Å². The summed E-state index contributed by atoms with van der Waals surface area (Å²) in [4.78, 5) is 28.7. The van der Waals surface area contributed by atoms with Crippen molar-refractivity contribution in [3.8, 4) is 0 Å². The molecule has 0 saturated heterocycles. The van der Waals surface area contributed by atoms with Crippen LogP contribution in [-0.4, -0.2) is 22.8 Å². The minimum Gasteiger partial charge on any atom is -0.348 e. The molecule has 1 heterocycles. The number of nitrogens with one attached hydrogen (secondary N) is 2. The van der Waals surface area contributed by atoms with E-state index in [1.54, 1.807) is 17.5 Å². The van der Waals surface area contributed by atoms with Crippen molar-refractivity contribution in [1.29, 1.82) is 0 Å². The van der Waals surface area contributed by atoms with Crippen LogP contribution in [0.5, 0.6) is 0 Å². The first-order valence-corrected chi connectivity index (χ1v) is 9.69. The topological polar surface area (TPSA) is 71.1 Å². The van der Waals surface area contributed by atoms with E-state index in [9.17, 15) is 9.59 Å². The lowest BCUT2D eigenvalue weighted by Crippen LogP contribution is -2.36. The zero-order valence-corrected chi connectivity index (χ0v) is 15.7. The van der Waals surface area contributed by atoms with E-state index in [1.807, 2.05) is 0 Å². The van der Waals surface area contributed by atoms with Crippen molar-refractivity contribution in [2.75, 3.05) is 5.32 Å². The van der Waals surface area contributed by atoms with Gasteiger partial charge in [-0.15, -0.1) is 11.3 Å². The van der Waals surface area contributed by atoms with Crippen molar-refractivity contribution in [2.45, 2.75) is 38.1 Å². The number of carbonyl (C=O) groups is 2. The molecule has 1 aliphatic rings. The first-order valence-electron chi connectivity index (χ1n) is 8.06. The van der Waals surface area contributed by atoms with Crippen LogP contribution in [0, 0.1) is 0 Å². The van der Waals surface area contributed by atoms with Crippen LogP contribution in [0.4, 0.5) is 5.13 Å². The highest BCUT2D eigenvalue weighted by molar-refractivity contribution is 7.14. The summed E-state index contributed by atoms with van der Waals surface area (Å²) in [5, 5.41) is 8.37. The smallest absolute Gasteiger partial charge is 0.271 e. The number of carbonyl (C=O) groups excluding carboxylic acids is 2. The number of aromatic nitrogens is 1. The van der Waals surface area contributed by atoms with Gasteiger partial charge in [0.2, 0.25) is 0 Å². The number of hydrogen-bond acceptors (Lipinski definition) is 4. The van der Waals surface area contributed by atoms with E-state index < -0.39 is 5.91 Å². The zero-order chi connectivity index (χ0) is 17.8. The molecular weight excluding hydrogens is 381 g/mol. The summed E-state index contributed by atoms with van der Waals surface area (Å²) < 4.78 is 0. The van der Waals surface area contributed by atoms with Gasteiger partial charge in [-0.05, 0) is 31.0 Å². The maximum absolute atomic E-state index is 12.3. The Labute approximate surface area is 159 Å². The molecule has 0 atom stereocenters. The third-order valence-electron chi connectivity index (χ3n) is 4.07. The van der Waals surface area contributed by atoms with Crippen LogP contribution < -0.4 is 10.6 Å². The third-order valence-corrected chi connectivity index (χ3v) is 5.38. The Hall–Kier alpha value is -1.63. The van der Waals surface area contributed by atoms with Gasteiger partial charge in [-0.2, -0.15) is 0 Å². The zero-order valence-electron chi connectivity index (χ0n) is 13.4. The lowest BCUT2D eigenvalue weighted by Gasteiger charge is -2.22. The van der Waals surface area contributed by atoms with E-state index in [4.69, 9.17) is 23.2 Å². The first-order chi connectivity index (χ1) is 12.0. The van der Waals surface area contributed by atoms with Gasteiger partial charge in [0.25, 0.3) is 11.8 Å². The molecule has 2 N–H and O–H groups in total. The SMILES string of the molecule is O=C(NC1CCCCC1)c1csc(NC(=O)c2ccc(Cl)cc2Cl)n1. The summed E-state index contributed by atoms with van der Waals surface area (Å²) in [7, 11) is 0. The van der Waals surface area contributed by atoms with Gasteiger partial charge in [-0.3, -0.25) is 14.9 Å². The lowest BCUT2D eigenvalue weighted by molar-refractivity contribution is 0.0922. The molecule has 1 aromatic carbocycles. The number of rotatable bonds is 4. The summed E-state index contributed by atoms with van der Waals surface area (Å²) in [6, 6.07) is 4.86. The highest BCUT2D eigenvalue weighted by atomic mass is 35.5. The summed E-state index contributed by atoms with van der Waals surface area (Å²) in [6.45, 7) is 0. The Bertz CT molecular complexity index is 788. The van der Waals surface area contributed by atoms with Crippen LogP contribution in [0.15, 0.2) is 23.6 Å². The molecule has 0 unspecified atom stereocenters. The Kier molecular flexibility index (Phi) is 5.93. The molecule has 25 heavy (non-hydrogen) atoms. The molecule has 3 rings (SSSR count). The van der Waals surface area contributed by atoms with Gasteiger partial charge < -0.3 is 5.32 Å². The molecule has 0 aliphatic heterocycles. The maximum atomic E-state index is 12.3. The van der Waals surface area contributed by atoms with Crippen molar-refractivity contribution < 1.29 is 9.59 Å². The van der Waals surface area contributed by atoms with Gasteiger partial charge >= 0.3 is 0 Å². The molecule has 0 bridgehead atoms. The molecule has 0 spiro atoms. The second-order valence-corrected chi connectivity index (χ2v) is 7.63. The monoisotopic (exact) mass is 397 g/mol. The van der Waals surface area contributed by atoms with Gasteiger partial charge in [-0.25, -0.2) is 4.98 Å². The molecule has 0 radical (unpaired) electrons. The highest BCUT2D eigenvalue weighted by Gasteiger charge is 2.19. The van der Waals surface area contributed by atoms with Crippen molar-refractivity contribution >= 4 is 51.5 Å². The maximum Gasteiger partial charge on any atom is 0.271 e. The molecule has 8 heteroatoms. The van der Waals surface area contributed by atoms with Crippen molar-refractivity contribution in [3.05, 3.63) is 44.9 Å². The number of thiazole rings is 1. The first kappa shape index (κ1) is 18.2. The summed E-state index contributed by atoms with van der Waals surface area (Å²) in [5.41, 5.74) is 0.613. The van der Waals surface area contributed by atoms with Crippen LogP contribution >= 0.6 is 34.5 Å². The van der Waals surface area contributed by atoms with Crippen LogP contribution in [0.2, 0.25) is 10.0 Å². The van der Waals surface area contributed by atoms with Crippen molar-refractivity contribution in [2.24, 2.45) is 0 Å². The molecule has 1 aromatic heterocycles. The Morgan fingerprint density at radius 2 is 1.88 bits per heavy atom. The normalized spacial score (nSPS) is 15.0. The van der Waals surface area contributed by atoms with E-state index in [0.29, 0.717) is 21.4 Å². The molecule has 132 valence electrons. The highest BCUT2D eigenvalue weighted by Crippen LogP contribution is 2.23. The van der Waals surface area contributed by atoms with E-state index in [1.165, 1.54) is 23.8 Å². The van der Waals surface area contributed by atoms with E-state index in [0.717, 1.165) is 25.7 Å². The number of halogens is 2. The molecule has 1 saturated carbocycles. The van der Waals surface area contributed by atoms with Crippen molar-refractivity contribution in [1.82, 2.24) is 10.3 Å². The Morgan fingerprint density at radius 1 is 1.12 bits per heavy atom. The molecule has 2 amide bonds. The van der Waals surface area contributed by atoms with Gasteiger partial charge in [0.1, 0.15) is 5.69 Å². The predicted molar refractivity (Wildman–Crippen MR) is 101 cm³/mol. The lowest BCUT2D eigenvalue weighted by atomic mass is 9.95. The third kappa shape index (κ3) is 4.71. The second-order valence-electron chi connectivity index (χ2n) is 5.92.